The van der Waals surface area contributed by atoms with Gasteiger partial charge in [0.2, 0.25) is 5.91 Å². The number of nitrogens with one attached hydrogen (secondary N) is 1. The molecule has 7 nitrogen and oxygen atoms in total. The smallest absolute Gasteiger partial charge is 0.244 e. The molecule has 0 spiro atoms. The molecule has 0 aliphatic carbocycles. The summed E-state index contributed by atoms with van der Waals surface area (Å²) in [6.07, 6.45) is 0.691. The van der Waals surface area contributed by atoms with Crippen molar-refractivity contribution in [2.45, 2.75) is 19.4 Å². The molecule has 26 heavy (non-hydrogen) atoms. The molecule has 1 aromatic heterocycles. The van der Waals surface area contributed by atoms with Crippen LogP contribution in [0.5, 0.6) is 11.5 Å². The second kappa shape index (κ2) is 7.86. The van der Waals surface area contributed by atoms with Crippen LogP contribution >= 0.6 is 0 Å². The summed E-state index contributed by atoms with van der Waals surface area (Å²) in [5.74, 6) is 1.27. The molecule has 0 aliphatic rings. The van der Waals surface area contributed by atoms with Gasteiger partial charge in [0.25, 0.3) is 0 Å². The van der Waals surface area contributed by atoms with Crippen molar-refractivity contribution in [1.29, 1.82) is 0 Å². The molecular formula is C19H22N4O3. The number of para-hydroxylation sites is 1. The second-order valence-corrected chi connectivity index (χ2v) is 5.93. The second-order valence-electron chi connectivity index (χ2n) is 5.93. The zero-order chi connectivity index (χ0) is 18.5. The number of benzene rings is 2. The number of aromatic nitrogens is 3. The molecule has 0 unspecified atom stereocenters. The van der Waals surface area contributed by atoms with Crippen LogP contribution in [0.2, 0.25) is 0 Å². The van der Waals surface area contributed by atoms with Gasteiger partial charge in [-0.3, -0.25) is 4.79 Å². The van der Waals surface area contributed by atoms with Gasteiger partial charge in [0.15, 0.2) is 11.5 Å². The highest BCUT2D eigenvalue weighted by Gasteiger charge is 2.18. The standard InChI is InChI=1S/C19H22N4O3/c1-13(23-16-7-5-4-6-15(16)21-22-23)19(24)20-11-10-14-8-9-17(25-2)18(12-14)26-3/h4-9,12-13H,10-11H2,1-3H3,(H,20,24)/t13-/m1/s1. The fourth-order valence-electron chi connectivity index (χ4n) is 2.80. The predicted molar refractivity (Wildman–Crippen MR) is 98.5 cm³/mol. The summed E-state index contributed by atoms with van der Waals surface area (Å²) in [4.78, 5) is 12.5. The van der Waals surface area contributed by atoms with Crippen LogP contribution in [0.25, 0.3) is 11.0 Å². The Hall–Kier alpha value is -3.09. The lowest BCUT2D eigenvalue weighted by Gasteiger charge is -2.13. The zero-order valence-corrected chi connectivity index (χ0v) is 15.1. The summed E-state index contributed by atoms with van der Waals surface area (Å²) in [6, 6.07) is 12.9. The molecular weight excluding hydrogens is 332 g/mol. The van der Waals surface area contributed by atoms with Crippen LogP contribution in [0.3, 0.4) is 0 Å². The number of amides is 1. The van der Waals surface area contributed by atoms with Crippen LogP contribution in [0.1, 0.15) is 18.5 Å². The number of rotatable bonds is 7. The van der Waals surface area contributed by atoms with Gasteiger partial charge in [0.05, 0.1) is 19.7 Å². The lowest BCUT2D eigenvalue weighted by Crippen LogP contribution is -2.32. The largest absolute Gasteiger partial charge is 0.493 e. The molecule has 136 valence electrons. The normalized spacial score (nSPS) is 12.0. The van der Waals surface area contributed by atoms with E-state index in [1.165, 1.54) is 0 Å². The Morgan fingerprint density at radius 3 is 2.69 bits per heavy atom. The maximum absolute atomic E-state index is 12.5. The first-order chi connectivity index (χ1) is 12.6. The van der Waals surface area contributed by atoms with E-state index in [1.54, 1.807) is 18.9 Å². The van der Waals surface area contributed by atoms with E-state index in [4.69, 9.17) is 9.47 Å². The summed E-state index contributed by atoms with van der Waals surface area (Å²) in [7, 11) is 3.21. The van der Waals surface area contributed by atoms with Crippen molar-refractivity contribution in [3.63, 3.8) is 0 Å². The topological polar surface area (TPSA) is 78.3 Å². The molecule has 3 rings (SSSR count). The predicted octanol–water partition coefficient (Wildman–Crippen LogP) is 2.37. The van der Waals surface area contributed by atoms with Crippen molar-refractivity contribution in [1.82, 2.24) is 20.3 Å². The summed E-state index contributed by atoms with van der Waals surface area (Å²) in [5, 5.41) is 11.1. The maximum Gasteiger partial charge on any atom is 0.244 e. The maximum atomic E-state index is 12.5. The zero-order valence-electron chi connectivity index (χ0n) is 15.1. The lowest BCUT2D eigenvalue weighted by molar-refractivity contribution is -0.124. The third-order valence-electron chi connectivity index (χ3n) is 4.28. The number of hydrogen-bond acceptors (Lipinski definition) is 5. The van der Waals surface area contributed by atoms with E-state index < -0.39 is 6.04 Å². The van der Waals surface area contributed by atoms with Crippen LogP contribution in [-0.4, -0.2) is 41.7 Å². The van der Waals surface area contributed by atoms with E-state index in [2.05, 4.69) is 15.6 Å². The SMILES string of the molecule is COc1ccc(CCNC(=O)[C@@H](C)n2nnc3ccccc32)cc1OC. The van der Waals surface area contributed by atoms with Crippen molar-refractivity contribution in [2.24, 2.45) is 0 Å². The molecule has 0 radical (unpaired) electrons. The molecule has 1 N–H and O–H groups in total. The van der Waals surface area contributed by atoms with Crippen LogP contribution in [0, 0.1) is 0 Å². The third kappa shape index (κ3) is 3.61. The number of nitrogens with zero attached hydrogens (tertiary/aromatic N) is 3. The Bertz CT molecular complexity index is 907. The van der Waals surface area contributed by atoms with Gasteiger partial charge >= 0.3 is 0 Å². The number of carbonyl (C=O) groups excluding carboxylic acids is 1. The quantitative estimate of drug-likeness (QED) is 0.705. The molecule has 1 amide bonds. The van der Waals surface area contributed by atoms with Gasteiger partial charge < -0.3 is 14.8 Å². The number of fused-ring (bicyclic) bond motifs is 1. The molecule has 0 aliphatic heterocycles. The minimum Gasteiger partial charge on any atom is -0.493 e. The minimum atomic E-state index is -0.437. The minimum absolute atomic E-state index is 0.0962. The van der Waals surface area contributed by atoms with Gasteiger partial charge in [-0.15, -0.1) is 5.10 Å². The van der Waals surface area contributed by atoms with Crippen molar-refractivity contribution in [3.8, 4) is 11.5 Å². The van der Waals surface area contributed by atoms with E-state index in [9.17, 15) is 4.79 Å². The van der Waals surface area contributed by atoms with Crippen molar-refractivity contribution in [2.75, 3.05) is 20.8 Å². The average molecular weight is 354 g/mol. The number of carbonyl (C=O) groups is 1. The van der Waals surface area contributed by atoms with E-state index in [-0.39, 0.29) is 5.91 Å². The fraction of sp³-hybridized carbons (Fsp3) is 0.316. The van der Waals surface area contributed by atoms with Crippen molar-refractivity contribution in [3.05, 3.63) is 48.0 Å². The monoisotopic (exact) mass is 354 g/mol. The lowest BCUT2D eigenvalue weighted by atomic mass is 10.1. The molecule has 1 heterocycles. The summed E-state index contributed by atoms with van der Waals surface area (Å²) >= 11 is 0. The highest BCUT2D eigenvalue weighted by molar-refractivity contribution is 5.82. The number of methoxy groups -OCH3 is 2. The van der Waals surface area contributed by atoms with Crippen LogP contribution in [0.4, 0.5) is 0 Å². The summed E-state index contributed by atoms with van der Waals surface area (Å²) in [5.41, 5.74) is 2.68. The summed E-state index contributed by atoms with van der Waals surface area (Å²) < 4.78 is 12.2. The molecule has 0 saturated heterocycles. The third-order valence-corrected chi connectivity index (χ3v) is 4.28. The highest BCUT2D eigenvalue weighted by atomic mass is 16.5. The Balaban J connectivity index is 1.60. The first-order valence-electron chi connectivity index (χ1n) is 8.42. The van der Waals surface area contributed by atoms with E-state index in [0.717, 1.165) is 16.6 Å². The first kappa shape index (κ1) is 17.7. The molecule has 3 aromatic rings. The molecule has 0 bridgehead atoms. The summed E-state index contributed by atoms with van der Waals surface area (Å²) in [6.45, 7) is 2.33. The van der Waals surface area contributed by atoms with Gasteiger partial charge in [-0.2, -0.15) is 0 Å². The Labute approximate surface area is 151 Å². The van der Waals surface area contributed by atoms with Gasteiger partial charge in [-0.25, -0.2) is 4.68 Å². The average Bonchev–Trinajstić information content (AvgIpc) is 3.11. The van der Waals surface area contributed by atoms with Gasteiger partial charge in [0, 0.05) is 6.54 Å². The molecule has 7 heteroatoms. The van der Waals surface area contributed by atoms with Gasteiger partial charge in [0.1, 0.15) is 11.6 Å². The number of hydrogen-bond donors (Lipinski definition) is 1. The van der Waals surface area contributed by atoms with E-state index in [0.29, 0.717) is 24.5 Å². The fourth-order valence-corrected chi connectivity index (χ4v) is 2.80. The molecule has 0 saturated carbocycles. The molecule has 0 fully saturated rings. The molecule has 1 atom stereocenters. The van der Waals surface area contributed by atoms with Crippen LogP contribution in [0.15, 0.2) is 42.5 Å². The van der Waals surface area contributed by atoms with Crippen LogP contribution in [-0.2, 0) is 11.2 Å². The Morgan fingerprint density at radius 1 is 1.15 bits per heavy atom. The van der Waals surface area contributed by atoms with Crippen molar-refractivity contribution >= 4 is 16.9 Å². The van der Waals surface area contributed by atoms with Gasteiger partial charge in [-0.05, 0) is 43.2 Å². The first-order valence-corrected chi connectivity index (χ1v) is 8.42. The Morgan fingerprint density at radius 2 is 1.92 bits per heavy atom. The molecule has 2 aromatic carbocycles. The van der Waals surface area contributed by atoms with E-state index in [1.807, 2.05) is 49.4 Å². The number of ether oxygens (including phenoxy) is 2. The van der Waals surface area contributed by atoms with Crippen LogP contribution < -0.4 is 14.8 Å². The van der Waals surface area contributed by atoms with E-state index >= 15 is 0 Å². The Kier molecular flexibility index (Phi) is 5.36. The highest BCUT2D eigenvalue weighted by Crippen LogP contribution is 2.27. The van der Waals surface area contributed by atoms with Gasteiger partial charge in [-0.1, -0.05) is 23.4 Å². The van der Waals surface area contributed by atoms with Crippen molar-refractivity contribution < 1.29 is 14.3 Å².